The first kappa shape index (κ1) is 32.0. The van der Waals surface area contributed by atoms with Crippen LogP contribution in [0.5, 0.6) is 5.75 Å². The molecule has 0 saturated heterocycles. The second kappa shape index (κ2) is 14.4. The lowest BCUT2D eigenvalue weighted by Gasteiger charge is -2.34. The fraction of sp³-hybridized carbons (Fsp3) is 0.355. The highest BCUT2D eigenvalue weighted by atomic mass is 35.5. The Morgan fingerprint density at radius 2 is 1.63 bits per heavy atom. The van der Waals surface area contributed by atoms with E-state index in [1.807, 2.05) is 75.4 Å². The van der Waals surface area contributed by atoms with Crippen LogP contribution in [-0.4, -0.2) is 57.6 Å². The highest BCUT2D eigenvalue weighted by Gasteiger charge is 2.33. The molecule has 0 bridgehead atoms. The fourth-order valence-corrected chi connectivity index (χ4v) is 5.33. The highest BCUT2D eigenvalue weighted by molar-refractivity contribution is 7.92. The number of hydrogen-bond donors (Lipinski definition) is 1. The summed E-state index contributed by atoms with van der Waals surface area (Å²) in [6.07, 6.45) is 1.27. The molecule has 0 aliphatic rings. The third-order valence-corrected chi connectivity index (χ3v) is 7.88. The van der Waals surface area contributed by atoms with Crippen molar-refractivity contribution in [2.75, 3.05) is 30.8 Å². The van der Waals surface area contributed by atoms with Gasteiger partial charge in [-0.3, -0.25) is 13.9 Å². The minimum absolute atomic E-state index is 0.107. The van der Waals surface area contributed by atoms with E-state index in [0.29, 0.717) is 6.54 Å². The second-order valence-electron chi connectivity index (χ2n) is 10.4. The molecule has 3 aromatic rings. The number of ether oxygens (including phenoxy) is 1. The first-order valence-corrected chi connectivity index (χ1v) is 15.6. The van der Waals surface area contributed by atoms with Crippen molar-refractivity contribution in [1.82, 2.24) is 10.2 Å². The Kier molecular flexibility index (Phi) is 11.2. The lowest BCUT2D eigenvalue weighted by molar-refractivity contribution is -0.140. The summed E-state index contributed by atoms with van der Waals surface area (Å²) in [5.41, 5.74) is 2.87. The van der Waals surface area contributed by atoms with Gasteiger partial charge in [0, 0.05) is 24.5 Å². The third kappa shape index (κ3) is 9.23. The monoisotopic (exact) mass is 599 g/mol. The number of carbonyl (C=O) groups is 2. The summed E-state index contributed by atoms with van der Waals surface area (Å²) in [6.45, 7) is 5.94. The molecular formula is C31H38ClN3O5S. The number of anilines is 1. The Morgan fingerprint density at radius 1 is 0.976 bits per heavy atom. The Bertz CT molecular complexity index is 1430. The quantitative estimate of drug-likeness (QED) is 0.303. The highest BCUT2D eigenvalue weighted by Crippen LogP contribution is 2.33. The molecule has 3 aromatic carbocycles. The summed E-state index contributed by atoms with van der Waals surface area (Å²) in [5.74, 6) is -0.408. The largest absolute Gasteiger partial charge is 0.495 e. The molecule has 0 radical (unpaired) electrons. The second-order valence-corrected chi connectivity index (χ2v) is 12.8. The maximum Gasteiger partial charge on any atom is 0.244 e. The van der Waals surface area contributed by atoms with Gasteiger partial charge in [0.1, 0.15) is 18.3 Å². The van der Waals surface area contributed by atoms with Crippen molar-refractivity contribution in [3.8, 4) is 5.75 Å². The Hall–Kier alpha value is -3.56. The van der Waals surface area contributed by atoms with E-state index in [2.05, 4.69) is 5.32 Å². The SMILES string of the molecule is COc1ccc(Cl)cc1N(CC(=O)N(Cc1ccc(C)cc1)C(Cc1ccccc1)C(=O)NCC(C)C)S(C)(=O)=O. The molecule has 1 N–H and O–H groups in total. The average molecular weight is 600 g/mol. The minimum atomic E-state index is -3.95. The maximum absolute atomic E-state index is 14.2. The van der Waals surface area contributed by atoms with Crippen molar-refractivity contribution in [3.05, 3.63) is 94.5 Å². The summed E-state index contributed by atoms with van der Waals surface area (Å²) < 4.78 is 32.4. The normalized spacial score (nSPS) is 12.1. The molecule has 3 rings (SSSR count). The van der Waals surface area contributed by atoms with Crippen LogP contribution in [0.25, 0.3) is 0 Å². The molecule has 8 nitrogen and oxygen atoms in total. The van der Waals surface area contributed by atoms with E-state index in [-0.39, 0.29) is 41.3 Å². The lowest BCUT2D eigenvalue weighted by Crippen LogP contribution is -2.53. The first-order valence-electron chi connectivity index (χ1n) is 13.4. The number of amides is 2. The van der Waals surface area contributed by atoms with Gasteiger partial charge in [0.15, 0.2) is 0 Å². The summed E-state index contributed by atoms with van der Waals surface area (Å²) in [4.78, 5) is 29.3. The van der Waals surface area contributed by atoms with Crippen molar-refractivity contribution in [2.24, 2.45) is 5.92 Å². The molecule has 0 aromatic heterocycles. The predicted octanol–water partition coefficient (Wildman–Crippen LogP) is 4.84. The van der Waals surface area contributed by atoms with Gasteiger partial charge in [0.25, 0.3) is 0 Å². The molecule has 0 aliphatic carbocycles. The maximum atomic E-state index is 14.2. The summed E-state index contributed by atoms with van der Waals surface area (Å²) >= 11 is 6.20. The summed E-state index contributed by atoms with van der Waals surface area (Å²) in [6, 6.07) is 20.8. The van der Waals surface area contributed by atoms with Crippen LogP contribution in [0.3, 0.4) is 0 Å². The number of methoxy groups -OCH3 is 1. The first-order chi connectivity index (χ1) is 19.4. The van der Waals surface area contributed by atoms with Gasteiger partial charge >= 0.3 is 0 Å². The van der Waals surface area contributed by atoms with E-state index in [1.54, 1.807) is 12.1 Å². The number of hydrogen-bond acceptors (Lipinski definition) is 5. The zero-order chi connectivity index (χ0) is 30.2. The molecule has 1 atom stereocenters. The van der Waals surface area contributed by atoms with Crippen LogP contribution < -0.4 is 14.4 Å². The fourth-order valence-electron chi connectivity index (χ4n) is 4.32. The number of rotatable bonds is 13. The van der Waals surface area contributed by atoms with Crippen LogP contribution in [0.1, 0.15) is 30.5 Å². The molecule has 0 aliphatic heterocycles. The van der Waals surface area contributed by atoms with Crippen LogP contribution in [0.2, 0.25) is 5.02 Å². The smallest absolute Gasteiger partial charge is 0.244 e. The van der Waals surface area contributed by atoms with Crippen LogP contribution in [0.15, 0.2) is 72.8 Å². The molecule has 0 spiro atoms. The van der Waals surface area contributed by atoms with E-state index in [4.69, 9.17) is 16.3 Å². The lowest BCUT2D eigenvalue weighted by atomic mass is 10.0. The van der Waals surface area contributed by atoms with Crippen LogP contribution in [-0.2, 0) is 32.6 Å². The number of aryl methyl sites for hydroxylation is 1. The van der Waals surface area contributed by atoms with E-state index in [1.165, 1.54) is 18.1 Å². The number of nitrogens with zero attached hydrogens (tertiary/aromatic N) is 2. The molecule has 10 heteroatoms. The molecule has 0 saturated carbocycles. The van der Waals surface area contributed by atoms with Gasteiger partial charge in [-0.1, -0.05) is 85.6 Å². The molecule has 0 heterocycles. The minimum Gasteiger partial charge on any atom is -0.495 e. The molecule has 0 fully saturated rings. The van der Waals surface area contributed by atoms with E-state index >= 15 is 0 Å². The van der Waals surface area contributed by atoms with Crippen LogP contribution in [0.4, 0.5) is 5.69 Å². The summed E-state index contributed by atoms with van der Waals surface area (Å²) in [5, 5.41) is 3.26. The number of benzene rings is 3. The molecule has 2 amide bonds. The molecule has 220 valence electrons. The zero-order valence-corrected chi connectivity index (χ0v) is 25.7. The van der Waals surface area contributed by atoms with Crippen molar-refractivity contribution in [2.45, 2.75) is 39.8 Å². The van der Waals surface area contributed by atoms with E-state index in [9.17, 15) is 18.0 Å². The zero-order valence-electron chi connectivity index (χ0n) is 24.1. The Balaban J connectivity index is 2.08. The number of sulfonamides is 1. The number of halogens is 1. The molecule has 41 heavy (non-hydrogen) atoms. The standard InChI is InChI=1S/C31H38ClN3O5S/c1-22(2)19-33-31(37)28(17-24-9-7-6-8-10-24)34(20-25-13-11-23(3)12-14-25)30(36)21-35(41(5,38)39)27-18-26(32)15-16-29(27)40-4/h6-16,18,22,28H,17,19-21H2,1-5H3,(H,33,37). The van der Waals surface area contributed by atoms with Crippen molar-refractivity contribution in [3.63, 3.8) is 0 Å². The van der Waals surface area contributed by atoms with Gasteiger partial charge in [0.2, 0.25) is 21.8 Å². The number of carbonyl (C=O) groups excluding carboxylic acids is 2. The van der Waals surface area contributed by atoms with Gasteiger partial charge in [-0.05, 0) is 42.2 Å². The molecule has 1 unspecified atom stereocenters. The van der Waals surface area contributed by atoms with Gasteiger partial charge in [-0.15, -0.1) is 0 Å². The van der Waals surface area contributed by atoms with Crippen molar-refractivity contribution >= 4 is 39.1 Å². The van der Waals surface area contributed by atoms with Gasteiger partial charge < -0.3 is 15.0 Å². The van der Waals surface area contributed by atoms with Crippen molar-refractivity contribution in [1.29, 1.82) is 0 Å². The number of nitrogens with one attached hydrogen (secondary N) is 1. The predicted molar refractivity (Wildman–Crippen MR) is 164 cm³/mol. The Labute approximate surface area is 248 Å². The van der Waals surface area contributed by atoms with E-state index < -0.39 is 28.5 Å². The average Bonchev–Trinajstić information content (AvgIpc) is 2.93. The summed E-state index contributed by atoms with van der Waals surface area (Å²) in [7, 11) is -2.54. The van der Waals surface area contributed by atoms with Gasteiger partial charge in [-0.25, -0.2) is 8.42 Å². The van der Waals surface area contributed by atoms with Crippen LogP contribution >= 0.6 is 11.6 Å². The van der Waals surface area contributed by atoms with Crippen molar-refractivity contribution < 1.29 is 22.7 Å². The van der Waals surface area contributed by atoms with Gasteiger partial charge in [0.05, 0.1) is 19.1 Å². The van der Waals surface area contributed by atoms with Gasteiger partial charge in [-0.2, -0.15) is 0 Å². The topological polar surface area (TPSA) is 96.0 Å². The Morgan fingerprint density at radius 3 is 2.22 bits per heavy atom. The third-order valence-electron chi connectivity index (χ3n) is 6.52. The van der Waals surface area contributed by atoms with Crippen LogP contribution in [0, 0.1) is 12.8 Å². The molecular weight excluding hydrogens is 562 g/mol. The van der Waals surface area contributed by atoms with E-state index in [0.717, 1.165) is 27.3 Å².